The molecule has 0 atom stereocenters. The molecule has 0 saturated carbocycles. The zero-order valence-corrected chi connectivity index (χ0v) is 12.7. The van der Waals surface area contributed by atoms with E-state index in [9.17, 15) is 0 Å². The van der Waals surface area contributed by atoms with Crippen molar-refractivity contribution < 1.29 is 4.52 Å². The van der Waals surface area contributed by atoms with Crippen LogP contribution >= 0.6 is 0 Å². The summed E-state index contributed by atoms with van der Waals surface area (Å²) < 4.78 is 6.98. The lowest BCUT2D eigenvalue weighted by Crippen LogP contribution is -2.01. The summed E-state index contributed by atoms with van der Waals surface area (Å²) in [6.45, 7) is 0.603. The number of rotatable bonds is 5. The van der Waals surface area contributed by atoms with Gasteiger partial charge in [0.25, 0.3) is 11.8 Å². The van der Waals surface area contributed by atoms with Crippen molar-refractivity contribution in [3.05, 3.63) is 72.8 Å². The highest BCUT2D eigenvalue weighted by molar-refractivity contribution is 5.53. The maximum atomic E-state index is 5.27. The van der Waals surface area contributed by atoms with E-state index in [0.29, 0.717) is 18.4 Å². The van der Waals surface area contributed by atoms with Crippen LogP contribution in [0, 0.1) is 0 Å². The maximum Gasteiger partial charge on any atom is 0.264 e. The topological polar surface area (TPSA) is 81.7 Å². The van der Waals surface area contributed by atoms with Crippen LogP contribution in [0.2, 0.25) is 0 Å². The van der Waals surface area contributed by atoms with Crippen molar-refractivity contribution in [3.63, 3.8) is 0 Å². The zero-order chi connectivity index (χ0) is 16.2. The van der Waals surface area contributed by atoms with E-state index in [2.05, 4.69) is 25.5 Å². The van der Waals surface area contributed by atoms with Gasteiger partial charge in [0.15, 0.2) is 0 Å². The molecule has 4 aromatic rings. The van der Waals surface area contributed by atoms with Gasteiger partial charge in [-0.05, 0) is 35.0 Å². The van der Waals surface area contributed by atoms with E-state index in [1.54, 1.807) is 11.0 Å². The summed E-state index contributed by atoms with van der Waals surface area (Å²) in [5.74, 6) is 0.967. The number of nitrogens with one attached hydrogen (secondary N) is 1. The number of benzene rings is 2. The Morgan fingerprint density at radius 1 is 1.00 bits per heavy atom. The monoisotopic (exact) mass is 318 g/mol. The first-order valence-corrected chi connectivity index (χ1v) is 7.45. The van der Waals surface area contributed by atoms with Gasteiger partial charge in [-0.2, -0.15) is 10.1 Å². The number of aromatic nitrogens is 5. The van der Waals surface area contributed by atoms with Crippen molar-refractivity contribution in [1.82, 2.24) is 24.9 Å². The molecule has 7 nitrogen and oxygen atoms in total. The SMILES string of the molecule is c1ccc(-c2nc(NCc3ccc(-n4cncn4)cc3)no2)cc1. The highest BCUT2D eigenvalue weighted by Crippen LogP contribution is 2.18. The molecule has 0 amide bonds. The Balaban J connectivity index is 1.41. The highest BCUT2D eigenvalue weighted by atomic mass is 16.5. The summed E-state index contributed by atoms with van der Waals surface area (Å²) in [7, 11) is 0. The molecule has 2 heterocycles. The van der Waals surface area contributed by atoms with E-state index in [4.69, 9.17) is 4.52 Å². The quantitative estimate of drug-likeness (QED) is 0.609. The van der Waals surface area contributed by atoms with Crippen molar-refractivity contribution in [2.75, 3.05) is 5.32 Å². The van der Waals surface area contributed by atoms with Gasteiger partial charge in [0, 0.05) is 12.1 Å². The molecule has 0 bridgehead atoms. The highest BCUT2D eigenvalue weighted by Gasteiger charge is 2.07. The second-order valence-corrected chi connectivity index (χ2v) is 5.15. The molecule has 2 aromatic heterocycles. The summed E-state index contributed by atoms with van der Waals surface area (Å²) in [5, 5.41) is 11.2. The van der Waals surface area contributed by atoms with E-state index < -0.39 is 0 Å². The minimum atomic E-state index is 0.467. The zero-order valence-electron chi connectivity index (χ0n) is 12.7. The van der Waals surface area contributed by atoms with Gasteiger partial charge in [0.1, 0.15) is 12.7 Å². The minimum Gasteiger partial charge on any atom is -0.347 e. The molecule has 7 heteroatoms. The molecule has 0 spiro atoms. The van der Waals surface area contributed by atoms with Crippen LogP contribution in [0.4, 0.5) is 5.95 Å². The van der Waals surface area contributed by atoms with Crippen LogP contribution in [0.25, 0.3) is 17.1 Å². The van der Waals surface area contributed by atoms with Crippen LogP contribution in [0.1, 0.15) is 5.56 Å². The van der Waals surface area contributed by atoms with Crippen molar-refractivity contribution in [2.24, 2.45) is 0 Å². The average Bonchev–Trinajstić information content (AvgIpc) is 3.33. The van der Waals surface area contributed by atoms with Crippen LogP contribution in [-0.4, -0.2) is 24.9 Å². The van der Waals surface area contributed by atoms with Gasteiger partial charge in [-0.15, -0.1) is 0 Å². The second-order valence-electron chi connectivity index (χ2n) is 5.15. The van der Waals surface area contributed by atoms with Crippen LogP contribution in [0.3, 0.4) is 0 Å². The van der Waals surface area contributed by atoms with E-state index in [-0.39, 0.29) is 0 Å². The Labute approximate surface area is 138 Å². The third-order valence-electron chi connectivity index (χ3n) is 3.52. The predicted molar refractivity (Wildman–Crippen MR) is 88.4 cm³/mol. The first kappa shape index (κ1) is 14.1. The Kier molecular flexibility index (Phi) is 3.73. The molecule has 0 aliphatic heterocycles. The molecule has 0 saturated heterocycles. The van der Waals surface area contributed by atoms with Gasteiger partial charge in [-0.1, -0.05) is 30.3 Å². The molecular formula is C17H14N6O. The van der Waals surface area contributed by atoms with Crippen molar-refractivity contribution in [3.8, 4) is 17.1 Å². The molecule has 0 radical (unpaired) electrons. The third kappa shape index (κ3) is 3.00. The first-order chi connectivity index (χ1) is 11.9. The minimum absolute atomic E-state index is 0.467. The molecule has 24 heavy (non-hydrogen) atoms. The number of anilines is 1. The molecular weight excluding hydrogens is 304 g/mol. The lowest BCUT2D eigenvalue weighted by Gasteiger charge is -2.04. The average molecular weight is 318 g/mol. The van der Waals surface area contributed by atoms with Gasteiger partial charge < -0.3 is 9.84 Å². The summed E-state index contributed by atoms with van der Waals surface area (Å²) in [6.07, 6.45) is 3.17. The summed E-state index contributed by atoms with van der Waals surface area (Å²) in [5.41, 5.74) is 2.96. The molecule has 1 N–H and O–H groups in total. The largest absolute Gasteiger partial charge is 0.347 e. The lowest BCUT2D eigenvalue weighted by molar-refractivity contribution is 0.432. The molecule has 0 unspecified atom stereocenters. The maximum absolute atomic E-state index is 5.27. The molecule has 2 aromatic carbocycles. The van der Waals surface area contributed by atoms with Crippen molar-refractivity contribution >= 4 is 5.95 Å². The summed E-state index contributed by atoms with van der Waals surface area (Å²) in [6, 6.07) is 17.7. The standard InChI is InChI=1S/C17H14N6O/c1-2-4-14(5-3-1)16-21-17(22-24-16)19-10-13-6-8-15(9-7-13)23-12-18-11-20-23/h1-9,11-12H,10H2,(H,19,22). The molecule has 0 fully saturated rings. The number of hydrogen-bond acceptors (Lipinski definition) is 6. The van der Waals surface area contributed by atoms with Gasteiger partial charge in [0.2, 0.25) is 0 Å². The van der Waals surface area contributed by atoms with Crippen LogP contribution < -0.4 is 5.32 Å². The van der Waals surface area contributed by atoms with Crippen LogP contribution in [-0.2, 0) is 6.54 Å². The van der Waals surface area contributed by atoms with Gasteiger partial charge in [-0.3, -0.25) is 0 Å². The normalized spacial score (nSPS) is 10.7. The molecule has 118 valence electrons. The van der Waals surface area contributed by atoms with Crippen LogP contribution in [0.15, 0.2) is 71.8 Å². The van der Waals surface area contributed by atoms with Crippen LogP contribution in [0.5, 0.6) is 0 Å². The van der Waals surface area contributed by atoms with Gasteiger partial charge >= 0.3 is 0 Å². The lowest BCUT2D eigenvalue weighted by atomic mass is 10.2. The Morgan fingerprint density at radius 2 is 1.83 bits per heavy atom. The Hall–Kier alpha value is -3.48. The fourth-order valence-electron chi connectivity index (χ4n) is 2.28. The van der Waals surface area contributed by atoms with E-state index >= 15 is 0 Å². The number of nitrogens with zero attached hydrogens (tertiary/aromatic N) is 5. The molecule has 0 aliphatic carbocycles. The molecule has 4 rings (SSSR count). The summed E-state index contributed by atoms with van der Waals surface area (Å²) >= 11 is 0. The Morgan fingerprint density at radius 3 is 2.58 bits per heavy atom. The fraction of sp³-hybridized carbons (Fsp3) is 0.0588. The fourth-order valence-corrected chi connectivity index (χ4v) is 2.28. The predicted octanol–water partition coefficient (Wildman–Crippen LogP) is 2.93. The molecule has 0 aliphatic rings. The second kappa shape index (κ2) is 6.33. The first-order valence-electron chi connectivity index (χ1n) is 7.45. The van der Waals surface area contributed by atoms with E-state index in [1.807, 2.05) is 54.6 Å². The van der Waals surface area contributed by atoms with E-state index in [0.717, 1.165) is 16.8 Å². The third-order valence-corrected chi connectivity index (χ3v) is 3.52. The summed E-state index contributed by atoms with van der Waals surface area (Å²) in [4.78, 5) is 8.28. The van der Waals surface area contributed by atoms with Gasteiger partial charge in [-0.25, -0.2) is 9.67 Å². The van der Waals surface area contributed by atoms with Crippen molar-refractivity contribution in [1.29, 1.82) is 0 Å². The smallest absolute Gasteiger partial charge is 0.264 e. The Bertz CT molecular complexity index is 900. The van der Waals surface area contributed by atoms with Crippen molar-refractivity contribution in [2.45, 2.75) is 6.54 Å². The van der Waals surface area contributed by atoms with Gasteiger partial charge in [0.05, 0.1) is 5.69 Å². The van der Waals surface area contributed by atoms with E-state index in [1.165, 1.54) is 6.33 Å². The number of hydrogen-bond donors (Lipinski definition) is 1.